The number of benzene rings is 2. The average Bonchev–Trinajstić information content (AvgIpc) is 2.67. The minimum absolute atomic E-state index is 0.0502. The summed E-state index contributed by atoms with van der Waals surface area (Å²) >= 11 is 0. The van der Waals surface area contributed by atoms with Crippen molar-refractivity contribution in [2.45, 2.75) is 32.8 Å². The maximum Gasteiger partial charge on any atom is 0.251 e. The van der Waals surface area contributed by atoms with Crippen LogP contribution in [0, 0.1) is 0 Å². The Bertz CT molecular complexity index is 699. The topological polar surface area (TPSA) is 67.4 Å². The number of amides is 2. The van der Waals surface area contributed by atoms with Crippen molar-refractivity contribution < 1.29 is 14.3 Å². The first-order valence-electron chi connectivity index (χ1n) is 8.96. The highest BCUT2D eigenvalue weighted by molar-refractivity contribution is 5.94. The van der Waals surface area contributed by atoms with Gasteiger partial charge in [0.05, 0.1) is 0 Å². The van der Waals surface area contributed by atoms with Crippen LogP contribution in [0.1, 0.15) is 48.7 Å². The summed E-state index contributed by atoms with van der Waals surface area (Å²) in [6, 6.07) is 17.0. The van der Waals surface area contributed by atoms with Gasteiger partial charge in [-0.05, 0) is 43.2 Å². The number of ether oxygens (including phenoxy) is 1. The summed E-state index contributed by atoms with van der Waals surface area (Å²) in [5, 5.41) is 5.53. The second-order valence-electron chi connectivity index (χ2n) is 6.05. The van der Waals surface area contributed by atoms with Crippen molar-refractivity contribution in [3.8, 4) is 5.75 Å². The highest BCUT2D eigenvalue weighted by Gasteiger charge is 2.09. The molecule has 0 aromatic heterocycles. The smallest absolute Gasteiger partial charge is 0.251 e. The Kier molecular flexibility index (Phi) is 7.68. The predicted octanol–water partition coefficient (Wildman–Crippen LogP) is 3.47. The zero-order valence-corrected chi connectivity index (χ0v) is 15.3. The van der Waals surface area contributed by atoms with Gasteiger partial charge in [-0.25, -0.2) is 0 Å². The van der Waals surface area contributed by atoms with E-state index in [9.17, 15) is 9.59 Å². The van der Waals surface area contributed by atoms with E-state index in [-0.39, 0.29) is 24.3 Å². The van der Waals surface area contributed by atoms with Gasteiger partial charge in [0.25, 0.3) is 5.91 Å². The fourth-order valence-corrected chi connectivity index (χ4v) is 2.43. The molecule has 5 heteroatoms. The number of hydrogen-bond donors (Lipinski definition) is 2. The molecule has 0 fully saturated rings. The summed E-state index contributed by atoms with van der Waals surface area (Å²) in [6.07, 6.45) is 1.11. The van der Waals surface area contributed by atoms with Crippen molar-refractivity contribution in [1.82, 2.24) is 10.6 Å². The van der Waals surface area contributed by atoms with Gasteiger partial charge in [-0.1, -0.05) is 37.3 Å². The molecule has 0 aliphatic carbocycles. The molecular weight excluding hydrogens is 328 g/mol. The third kappa shape index (κ3) is 6.24. The van der Waals surface area contributed by atoms with Gasteiger partial charge in [0.2, 0.25) is 5.91 Å². The fourth-order valence-electron chi connectivity index (χ4n) is 2.43. The summed E-state index contributed by atoms with van der Waals surface area (Å²) in [7, 11) is 0. The van der Waals surface area contributed by atoms with Gasteiger partial charge in [0.15, 0.2) is 0 Å². The van der Waals surface area contributed by atoms with Crippen LogP contribution in [0.15, 0.2) is 54.6 Å². The largest absolute Gasteiger partial charge is 0.486 e. The van der Waals surface area contributed by atoms with Gasteiger partial charge in [-0.2, -0.15) is 0 Å². The molecule has 0 heterocycles. The van der Waals surface area contributed by atoms with Crippen molar-refractivity contribution in [3.05, 3.63) is 65.7 Å². The number of rotatable bonds is 9. The zero-order chi connectivity index (χ0) is 18.8. The molecule has 0 aliphatic heterocycles. The molecule has 0 aliphatic rings. The van der Waals surface area contributed by atoms with Crippen molar-refractivity contribution >= 4 is 11.8 Å². The SMILES string of the molecule is CCCNC(=O)CCNC(=O)c1ccc(O[C@H](C)c2ccccc2)cc1. The first kappa shape index (κ1) is 19.5. The lowest BCUT2D eigenvalue weighted by molar-refractivity contribution is -0.120. The van der Waals surface area contributed by atoms with Gasteiger partial charge < -0.3 is 15.4 Å². The normalized spacial score (nSPS) is 11.5. The lowest BCUT2D eigenvalue weighted by atomic mass is 10.1. The summed E-state index contributed by atoms with van der Waals surface area (Å²) in [4.78, 5) is 23.6. The van der Waals surface area contributed by atoms with E-state index < -0.39 is 0 Å². The van der Waals surface area contributed by atoms with E-state index in [1.54, 1.807) is 24.3 Å². The van der Waals surface area contributed by atoms with Gasteiger partial charge >= 0.3 is 0 Å². The summed E-state index contributed by atoms with van der Waals surface area (Å²) < 4.78 is 5.90. The van der Waals surface area contributed by atoms with Gasteiger partial charge in [0, 0.05) is 25.1 Å². The molecule has 5 nitrogen and oxygen atoms in total. The van der Waals surface area contributed by atoms with Crippen molar-refractivity contribution in [1.29, 1.82) is 0 Å². The molecule has 0 saturated carbocycles. The molecule has 0 unspecified atom stereocenters. The van der Waals surface area contributed by atoms with Crippen LogP contribution in [0.3, 0.4) is 0 Å². The number of hydrogen-bond acceptors (Lipinski definition) is 3. The van der Waals surface area contributed by atoms with Crippen LogP contribution >= 0.6 is 0 Å². The Morgan fingerprint density at radius 1 is 0.962 bits per heavy atom. The highest BCUT2D eigenvalue weighted by Crippen LogP contribution is 2.21. The fraction of sp³-hybridized carbons (Fsp3) is 0.333. The van der Waals surface area contributed by atoms with Crippen LogP contribution in [0.25, 0.3) is 0 Å². The number of nitrogens with one attached hydrogen (secondary N) is 2. The molecule has 0 radical (unpaired) electrons. The standard InChI is InChI=1S/C21H26N2O3/c1-3-14-22-20(24)13-15-23-21(25)18-9-11-19(12-10-18)26-16(2)17-7-5-4-6-8-17/h4-12,16H,3,13-15H2,1-2H3,(H,22,24)(H,23,25)/t16-/m1/s1. The van der Waals surface area contributed by atoms with Crippen LogP contribution in [-0.2, 0) is 4.79 Å². The van der Waals surface area contributed by atoms with E-state index in [1.807, 2.05) is 44.2 Å². The first-order chi connectivity index (χ1) is 12.6. The Hall–Kier alpha value is -2.82. The zero-order valence-electron chi connectivity index (χ0n) is 15.3. The van der Waals surface area contributed by atoms with Crippen molar-refractivity contribution in [3.63, 3.8) is 0 Å². The highest BCUT2D eigenvalue weighted by atomic mass is 16.5. The lowest BCUT2D eigenvalue weighted by Crippen LogP contribution is -2.31. The van der Waals surface area contributed by atoms with E-state index >= 15 is 0 Å². The summed E-state index contributed by atoms with van der Waals surface area (Å²) in [5.41, 5.74) is 1.63. The Morgan fingerprint density at radius 2 is 1.65 bits per heavy atom. The molecule has 2 aromatic rings. The van der Waals surface area contributed by atoms with Gasteiger partial charge in [0.1, 0.15) is 11.9 Å². The molecule has 2 amide bonds. The minimum Gasteiger partial charge on any atom is -0.486 e. The Balaban J connectivity index is 1.81. The maximum absolute atomic E-state index is 12.1. The van der Waals surface area contributed by atoms with E-state index in [1.165, 1.54) is 0 Å². The van der Waals surface area contributed by atoms with Gasteiger partial charge in [-0.3, -0.25) is 9.59 Å². The average molecular weight is 354 g/mol. The second-order valence-corrected chi connectivity index (χ2v) is 6.05. The summed E-state index contributed by atoms with van der Waals surface area (Å²) in [5.74, 6) is 0.457. The van der Waals surface area contributed by atoms with Crippen LogP contribution in [-0.4, -0.2) is 24.9 Å². The molecule has 0 spiro atoms. The van der Waals surface area contributed by atoms with Crippen LogP contribution in [0.5, 0.6) is 5.75 Å². The van der Waals surface area contributed by atoms with Crippen LogP contribution in [0.2, 0.25) is 0 Å². The number of carbonyl (C=O) groups excluding carboxylic acids is 2. The van der Waals surface area contributed by atoms with Crippen molar-refractivity contribution in [2.24, 2.45) is 0 Å². The molecule has 0 bridgehead atoms. The molecule has 0 saturated heterocycles. The third-order valence-corrected chi connectivity index (χ3v) is 3.91. The molecule has 2 N–H and O–H groups in total. The number of carbonyl (C=O) groups is 2. The van der Waals surface area contributed by atoms with E-state index in [4.69, 9.17) is 4.74 Å². The molecular formula is C21H26N2O3. The van der Waals surface area contributed by atoms with E-state index in [0.29, 0.717) is 24.4 Å². The molecule has 1 atom stereocenters. The lowest BCUT2D eigenvalue weighted by Gasteiger charge is -2.15. The second kappa shape index (κ2) is 10.2. The first-order valence-corrected chi connectivity index (χ1v) is 8.96. The van der Waals surface area contributed by atoms with Gasteiger partial charge in [-0.15, -0.1) is 0 Å². The molecule has 2 rings (SSSR count). The Labute approximate surface area is 154 Å². The predicted molar refractivity (Wildman–Crippen MR) is 102 cm³/mol. The minimum atomic E-state index is -0.198. The maximum atomic E-state index is 12.1. The van der Waals surface area contributed by atoms with Crippen molar-refractivity contribution in [2.75, 3.05) is 13.1 Å². The van der Waals surface area contributed by atoms with Crippen LogP contribution in [0.4, 0.5) is 0 Å². The Morgan fingerprint density at radius 3 is 2.31 bits per heavy atom. The molecule has 26 heavy (non-hydrogen) atoms. The van der Waals surface area contributed by atoms with E-state index in [0.717, 1.165) is 12.0 Å². The van der Waals surface area contributed by atoms with E-state index in [2.05, 4.69) is 10.6 Å². The quantitative estimate of drug-likeness (QED) is 0.724. The molecule has 2 aromatic carbocycles. The molecule has 138 valence electrons. The van der Waals surface area contributed by atoms with Crippen LogP contribution < -0.4 is 15.4 Å². The third-order valence-electron chi connectivity index (χ3n) is 3.91. The monoisotopic (exact) mass is 354 g/mol. The summed E-state index contributed by atoms with van der Waals surface area (Å²) in [6.45, 7) is 4.96.